The van der Waals surface area contributed by atoms with Gasteiger partial charge in [0.15, 0.2) is 0 Å². The van der Waals surface area contributed by atoms with E-state index in [2.05, 4.69) is 0 Å². The van der Waals surface area contributed by atoms with Crippen molar-refractivity contribution in [2.75, 3.05) is 5.73 Å². The molecule has 0 aromatic heterocycles. The quantitative estimate of drug-likeness (QED) is 0.804. The molecule has 16 heavy (non-hydrogen) atoms. The number of hydrogen-bond donors (Lipinski definition) is 1. The monoisotopic (exact) mass is 235 g/mol. The van der Waals surface area contributed by atoms with Gasteiger partial charge >= 0.3 is 0 Å². The summed E-state index contributed by atoms with van der Waals surface area (Å²) in [4.78, 5) is 0. The van der Waals surface area contributed by atoms with Gasteiger partial charge in [-0.2, -0.15) is 0 Å². The molecule has 0 aliphatic carbocycles. The van der Waals surface area contributed by atoms with Crippen LogP contribution >= 0.6 is 12.4 Å². The Morgan fingerprint density at radius 3 is 2.31 bits per heavy atom. The topological polar surface area (TPSA) is 35.2 Å². The Labute approximate surface area is 101 Å². The van der Waals surface area contributed by atoms with Crippen molar-refractivity contribution in [1.29, 1.82) is 0 Å². The third kappa shape index (κ3) is 2.91. The summed E-state index contributed by atoms with van der Waals surface area (Å²) in [6.07, 6.45) is 0. The van der Waals surface area contributed by atoms with Crippen molar-refractivity contribution in [2.24, 2.45) is 0 Å². The standard InChI is InChI=1S/C13H13NO.ClH/c1-10-7-8-13(12(14)9-10)15-11-5-3-2-4-6-11;/h2-9H,14H2,1H3;1H. The van der Waals surface area contributed by atoms with E-state index in [1.807, 2.05) is 55.5 Å². The second kappa shape index (κ2) is 5.42. The summed E-state index contributed by atoms with van der Waals surface area (Å²) in [5, 5.41) is 0. The van der Waals surface area contributed by atoms with Gasteiger partial charge in [-0.3, -0.25) is 0 Å². The van der Waals surface area contributed by atoms with Crippen molar-refractivity contribution in [2.45, 2.75) is 6.92 Å². The minimum absolute atomic E-state index is 0. The van der Waals surface area contributed by atoms with Crippen LogP contribution in [-0.4, -0.2) is 0 Å². The minimum atomic E-state index is 0. The normalized spacial score (nSPS) is 9.31. The third-order valence-corrected chi connectivity index (χ3v) is 2.14. The van der Waals surface area contributed by atoms with Crippen LogP contribution in [0.1, 0.15) is 5.56 Å². The first-order valence-corrected chi connectivity index (χ1v) is 4.85. The fourth-order valence-corrected chi connectivity index (χ4v) is 1.38. The molecule has 0 fully saturated rings. The van der Waals surface area contributed by atoms with Crippen LogP contribution in [0.2, 0.25) is 0 Å². The molecular formula is C13H14ClNO. The van der Waals surface area contributed by atoms with Crippen LogP contribution in [0.25, 0.3) is 0 Å². The van der Waals surface area contributed by atoms with E-state index in [1.54, 1.807) is 0 Å². The minimum Gasteiger partial charge on any atom is -0.455 e. The van der Waals surface area contributed by atoms with E-state index >= 15 is 0 Å². The lowest BCUT2D eigenvalue weighted by molar-refractivity contribution is 0.485. The zero-order valence-corrected chi connectivity index (χ0v) is 9.83. The van der Waals surface area contributed by atoms with Gasteiger partial charge in [0, 0.05) is 0 Å². The molecule has 0 atom stereocenters. The van der Waals surface area contributed by atoms with Crippen LogP contribution in [0.4, 0.5) is 5.69 Å². The number of nitrogens with two attached hydrogens (primary N) is 1. The molecule has 0 saturated carbocycles. The summed E-state index contributed by atoms with van der Waals surface area (Å²) >= 11 is 0. The van der Waals surface area contributed by atoms with Gasteiger partial charge in [0.25, 0.3) is 0 Å². The van der Waals surface area contributed by atoms with E-state index in [9.17, 15) is 0 Å². The first kappa shape index (κ1) is 12.4. The lowest BCUT2D eigenvalue weighted by Gasteiger charge is -2.08. The van der Waals surface area contributed by atoms with E-state index < -0.39 is 0 Å². The number of nitrogen functional groups attached to an aromatic ring is 1. The van der Waals surface area contributed by atoms with Gasteiger partial charge in [-0.25, -0.2) is 0 Å². The average molecular weight is 236 g/mol. The van der Waals surface area contributed by atoms with Gasteiger partial charge in [-0.1, -0.05) is 24.3 Å². The Balaban J connectivity index is 0.00000128. The fourth-order valence-electron chi connectivity index (χ4n) is 1.38. The number of aryl methyl sites for hydroxylation is 1. The highest BCUT2D eigenvalue weighted by Crippen LogP contribution is 2.27. The van der Waals surface area contributed by atoms with Crippen LogP contribution in [-0.2, 0) is 0 Å². The number of rotatable bonds is 2. The number of anilines is 1. The lowest BCUT2D eigenvalue weighted by Crippen LogP contribution is -1.92. The maximum Gasteiger partial charge on any atom is 0.150 e. The molecule has 2 nitrogen and oxygen atoms in total. The first-order chi connectivity index (χ1) is 7.25. The Kier molecular flexibility index (Phi) is 4.20. The van der Waals surface area contributed by atoms with E-state index in [0.29, 0.717) is 11.4 Å². The van der Waals surface area contributed by atoms with E-state index in [4.69, 9.17) is 10.5 Å². The molecule has 2 N–H and O–H groups in total. The molecule has 2 rings (SSSR count). The first-order valence-electron chi connectivity index (χ1n) is 4.85. The fraction of sp³-hybridized carbons (Fsp3) is 0.0769. The van der Waals surface area contributed by atoms with Crippen LogP contribution in [0, 0.1) is 6.92 Å². The maximum atomic E-state index is 5.84. The van der Waals surface area contributed by atoms with Crippen molar-refractivity contribution in [3.05, 3.63) is 54.1 Å². The summed E-state index contributed by atoms with van der Waals surface area (Å²) in [7, 11) is 0. The van der Waals surface area contributed by atoms with Gasteiger partial charge in [0.1, 0.15) is 11.5 Å². The maximum absolute atomic E-state index is 5.84. The molecule has 2 aromatic rings. The Morgan fingerprint density at radius 1 is 1.00 bits per heavy atom. The molecule has 84 valence electrons. The van der Waals surface area contributed by atoms with Gasteiger partial charge < -0.3 is 10.5 Å². The van der Waals surface area contributed by atoms with Crippen LogP contribution in [0.5, 0.6) is 11.5 Å². The second-order valence-corrected chi connectivity index (χ2v) is 3.46. The molecule has 0 heterocycles. The second-order valence-electron chi connectivity index (χ2n) is 3.46. The summed E-state index contributed by atoms with van der Waals surface area (Å²) in [5.41, 5.74) is 7.64. The van der Waals surface area contributed by atoms with Crippen molar-refractivity contribution in [1.82, 2.24) is 0 Å². The molecule has 2 aromatic carbocycles. The summed E-state index contributed by atoms with van der Waals surface area (Å²) in [6.45, 7) is 2.00. The van der Waals surface area contributed by atoms with Gasteiger partial charge in [0.2, 0.25) is 0 Å². The number of hydrogen-bond acceptors (Lipinski definition) is 2. The lowest BCUT2D eigenvalue weighted by atomic mass is 10.2. The number of ether oxygens (including phenoxy) is 1. The summed E-state index contributed by atoms with van der Waals surface area (Å²) in [6, 6.07) is 15.4. The molecule has 0 unspecified atom stereocenters. The van der Waals surface area contributed by atoms with Crippen molar-refractivity contribution >= 4 is 18.1 Å². The zero-order chi connectivity index (χ0) is 10.7. The predicted octanol–water partition coefficient (Wildman–Crippen LogP) is 3.79. The van der Waals surface area contributed by atoms with Crippen LogP contribution in [0.3, 0.4) is 0 Å². The molecular weight excluding hydrogens is 222 g/mol. The highest BCUT2D eigenvalue weighted by molar-refractivity contribution is 5.85. The third-order valence-electron chi connectivity index (χ3n) is 2.14. The molecule has 0 aliphatic heterocycles. The number of benzene rings is 2. The van der Waals surface area contributed by atoms with E-state index in [1.165, 1.54) is 0 Å². The predicted molar refractivity (Wildman–Crippen MR) is 69.4 cm³/mol. The number of para-hydroxylation sites is 1. The Morgan fingerprint density at radius 2 is 1.69 bits per heavy atom. The molecule has 0 saturated heterocycles. The Bertz CT molecular complexity index is 457. The van der Waals surface area contributed by atoms with Gasteiger partial charge in [0.05, 0.1) is 5.69 Å². The van der Waals surface area contributed by atoms with Gasteiger partial charge in [-0.15, -0.1) is 12.4 Å². The highest BCUT2D eigenvalue weighted by atomic mass is 35.5. The zero-order valence-electron chi connectivity index (χ0n) is 9.01. The average Bonchev–Trinajstić information content (AvgIpc) is 2.24. The van der Waals surface area contributed by atoms with Gasteiger partial charge in [-0.05, 0) is 36.8 Å². The smallest absolute Gasteiger partial charge is 0.150 e. The summed E-state index contributed by atoms with van der Waals surface area (Å²) in [5.74, 6) is 1.50. The molecule has 0 radical (unpaired) electrons. The van der Waals surface area contributed by atoms with Crippen molar-refractivity contribution < 1.29 is 4.74 Å². The largest absolute Gasteiger partial charge is 0.455 e. The highest BCUT2D eigenvalue weighted by Gasteiger charge is 2.01. The molecule has 0 amide bonds. The van der Waals surface area contributed by atoms with Crippen LogP contribution in [0.15, 0.2) is 48.5 Å². The summed E-state index contributed by atoms with van der Waals surface area (Å²) < 4.78 is 5.64. The SMILES string of the molecule is Cc1ccc(Oc2ccccc2)c(N)c1.Cl. The van der Waals surface area contributed by atoms with Crippen molar-refractivity contribution in [3.63, 3.8) is 0 Å². The Hall–Kier alpha value is -1.67. The molecule has 0 bridgehead atoms. The van der Waals surface area contributed by atoms with E-state index in [-0.39, 0.29) is 12.4 Å². The van der Waals surface area contributed by atoms with Crippen molar-refractivity contribution in [3.8, 4) is 11.5 Å². The van der Waals surface area contributed by atoms with Crippen LogP contribution < -0.4 is 10.5 Å². The molecule has 0 aliphatic rings. The van der Waals surface area contributed by atoms with E-state index in [0.717, 1.165) is 11.3 Å². The molecule has 0 spiro atoms. The number of halogens is 1. The molecule has 3 heteroatoms.